The zero-order chi connectivity index (χ0) is 10.0. The number of ether oxygens (including phenoxy) is 1. The third-order valence-electron chi connectivity index (χ3n) is 2.23. The topological polar surface area (TPSA) is 102 Å². The molecule has 1 rings (SSSR count). The Bertz CT molecular complexity index is 167. The number of aliphatic hydroxyl groups excluding tert-OH is 4. The second-order valence-corrected chi connectivity index (χ2v) is 3.04. The summed E-state index contributed by atoms with van der Waals surface area (Å²) in [5.41, 5.74) is 0. The monoisotopic (exact) mass is 193 g/mol. The zero-order valence-electron chi connectivity index (χ0n) is 7.29. The van der Waals surface area contributed by atoms with Crippen LogP contribution in [0.2, 0.25) is 0 Å². The molecule has 0 saturated carbocycles. The van der Waals surface area contributed by atoms with Crippen molar-refractivity contribution < 1.29 is 25.2 Å². The molecule has 1 fully saturated rings. The molecule has 0 aromatic rings. The standard InChI is InChI=1S/C7H15NO5/c1-8-4-6(11)5(10)3(2-9)13-7(4)12/h3-12H,2H2,1H3/t3-,4?,5?,6?,7?/m1/s1. The molecule has 5 atom stereocenters. The van der Waals surface area contributed by atoms with E-state index < -0.39 is 37.3 Å². The molecule has 6 heteroatoms. The number of nitrogens with one attached hydrogen (secondary N) is 1. The van der Waals surface area contributed by atoms with Crippen LogP contribution >= 0.6 is 0 Å². The minimum absolute atomic E-state index is 0.439. The van der Waals surface area contributed by atoms with Crippen LogP contribution in [0.3, 0.4) is 0 Å². The van der Waals surface area contributed by atoms with Gasteiger partial charge in [-0.25, -0.2) is 0 Å². The van der Waals surface area contributed by atoms with E-state index in [9.17, 15) is 15.3 Å². The van der Waals surface area contributed by atoms with E-state index in [0.29, 0.717) is 0 Å². The molecule has 0 aromatic carbocycles. The lowest BCUT2D eigenvalue weighted by atomic mass is 9.97. The molecule has 4 unspecified atom stereocenters. The molecule has 1 aliphatic rings. The molecule has 1 aliphatic heterocycles. The molecule has 13 heavy (non-hydrogen) atoms. The lowest BCUT2D eigenvalue weighted by Crippen LogP contribution is -2.62. The van der Waals surface area contributed by atoms with Crippen molar-refractivity contribution in [3.63, 3.8) is 0 Å². The molecular weight excluding hydrogens is 178 g/mol. The molecule has 0 bridgehead atoms. The zero-order valence-corrected chi connectivity index (χ0v) is 7.29. The van der Waals surface area contributed by atoms with E-state index in [1.807, 2.05) is 0 Å². The molecule has 0 aromatic heterocycles. The maximum Gasteiger partial charge on any atom is 0.173 e. The second-order valence-electron chi connectivity index (χ2n) is 3.04. The molecule has 0 aliphatic carbocycles. The molecule has 6 nitrogen and oxygen atoms in total. The highest BCUT2D eigenvalue weighted by molar-refractivity contribution is 4.91. The molecule has 0 radical (unpaired) electrons. The second kappa shape index (κ2) is 4.32. The Labute approximate surface area is 75.8 Å². The molecule has 1 saturated heterocycles. The lowest BCUT2D eigenvalue weighted by molar-refractivity contribution is -0.253. The largest absolute Gasteiger partial charge is 0.394 e. The first-order valence-electron chi connectivity index (χ1n) is 4.09. The fourth-order valence-corrected chi connectivity index (χ4v) is 1.41. The van der Waals surface area contributed by atoms with Crippen molar-refractivity contribution in [1.29, 1.82) is 0 Å². The normalized spacial score (nSPS) is 46.4. The average molecular weight is 193 g/mol. The highest BCUT2D eigenvalue weighted by Crippen LogP contribution is 2.18. The fourth-order valence-electron chi connectivity index (χ4n) is 1.41. The first kappa shape index (κ1) is 10.8. The van der Waals surface area contributed by atoms with Gasteiger partial charge in [-0.2, -0.15) is 0 Å². The Morgan fingerprint density at radius 1 is 1.23 bits per heavy atom. The average Bonchev–Trinajstić information content (AvgIpc) is 2.12. The van der Waals surface area contributed by atoms with Crippen LogP contribution in [0.25, 0.3) is 0 Å². The molecular formula is C7H15NO5. The highest BCUT2D eigenvalue weighted by atomic mass is 16.6. The molecule has 0 spiro atoms. The predicted molar refractivity (Wildman–Crippen MR) is 42.8 cm³/mol. The first-order valence-corrected chi connectivity index (χ1v) is 4.09. The SMILES string of the molecule is CNC1C(O)O[C@H](CO)C(O)C1O. The summed E-state index contributed by atoms with van der Waals surface area (Å²) in [5, 5.41) is 39.4. The third kappa shape index (κ3) is 1.98. The van der Waals surface area contributed by atoms with E-state index >= 15 is 0 Å². The number of aliphatic hydroxyl groups is 4. The van der Waals surface area contributed by atoms with Gasteiger partial charge in [0.25, 0.3) is 0 Å². The minimum Gasteiger partial charge on any atom is -0.394 e. The third-order valence-corrected chi connectivity index (χ3v) is 2.23. The van der Waals surface area contributed by atoms with E-state index in [0.717, 1.165) is 0 Å². The number of likely N-dealkylation sites (N-methyl/N-ethyl adjacent to an activating group) is 1. The summed E-state index contributed by atoms with van der Waals surface area (Å²) in [7, 11) is 1.53. The molecule has 78 valence electrons. The molecule has 1 heterocycles. The van der Waals surface area contributed by atoms with Gasteiger partial charge in [-0.1, -0.05) is 0 Å². The van der Waals surface area contributed by atoms with Crippen LogP contribution in [-0.2, 0) is 4.74 Å². The summed E-state index contributed by atoms with van der Waals surface area (Å²) in [5.74, 6) is 0. The van der Waals surface area contributed by atoms with Crippen LogP contribution in [0.5, 0.6) is 0 Å². The summed E-state index contributed by atoms with van der Waals surface area (Å²) in [6.45, 7) is -0.439. The Hall–Kier alpha value is -0.240. The Kier molecular flexibility index (Phi) is 3.60. The Balaban J connectivity index is 2.66. The van der Waals surface area contributed by atoms with Crippen LogP contribution in [0.15, 0.2) is 0 Å². The highest BCUT2D eigenvalue weighted by Gasteiger charge is 2.42. The van der Waals surface area contributed by atoms with Crippen LogP contribution in [0.1, 0.15) is 0 Å². The van der Waals surface area contributed by atoms with Gasteiger partial charge < -0.3 is 30.5 Å². The van der Waals surface area contributed by atoms with Gasteiger partial charge in [-0.3, -0.25) is 0 Å². The summed E-state index contributed by atoms with van der Waals surface area (Å²) < 4.78 is 4.85. The van der Waals surface area contributed by atoms with Crippen molar-refractivity contribution in [3.8, 4) is 0 Å². The van der Waals surface area contributed by atoms with Crippen LogP contribution in [0.4, 0.5) is 0 Å². The van der Waals surface area contributed by atoms with Crippen LogP contribution < -0.4 is 5.32 Å². The smallest absolute Gasteiger partial charge is 0.173 e. The van der Waals surface area contributed by atoms with Gasteiger partial charge in [-0.05, 0) is 7.05 Å². The summed E-state index contributed by atoms with van der Waals surface area (Å²) in [4.78, 5) is 0. The summed E-state index contributed by atoms with van der Waals surface area (Å²) in [6.07, 6.45) is -4.49. The number of hydrogen-bond acceptors (Lipinski definition) is 6. The van der Waals surface area contributed by atoms with E-state index in [4.69, 9.17) is 9.84 Å². The van der Waals surface area contributed by atoms with Crippen LogP contribution in [-0.4, -0.2) is 64.7 Å². The van der Waals surface area contributed by atoms with Crippen molar-refractivity contribution in [2.75, 3.05) is 13.7 Å². The Morgan fingerprint density at radius 3 is 2.31 bits per heavy atom. The quantitative estimate of drug-likeness (QED) is 0.320. The van der Waals surface area contributed by atoms with E-state index in [2.05, 4.69) is 5.32 Å². The van der Waals surface area contributed by atoms with Gasteiger partial charge in [-0.15, -0.1) is 0 Å². The fraction of sp³-hybridized carbons (Fsp3) is 1.00. The van der Waals surface area contributed by atoms with Gasteiger partial charge in [0, 0.05) is 0 Å². The van der Waals surface area contributed by atoms with Gasteiger partial charge in [0.15, 0.2) is 6.29 Å². The van der Waals surface area contributed by atoms with Crippen molar-refractivity contribution in [1.82, 2.24) is 5.32 Å². The number of hydrogen-bond donors (Lipinski definition) is 5. The van der Waals surface area contributed by atoms with Crippen molar-refractivity contribution in [3.05, 3.63) is 0 Å². The molecule has 0 amide bonds. The van der Waals surface area contributed by atoms with Gasteiger partial charge >= 0.3 is 0 Å². The van der Waals surface area contributed by atoms with E-state index in [-0.39, 0.29) is 0 Å². The maximum atomic E-state index is 9.45. The predicted octanol–water partition coefficient (Wildman–Crippen LogP) is -2.99. The summed E-state index contributed by atoms with van der Waals surface area (Å²) in [6, 6.07) is -0.738. The minimum atomic E-state index is -1.22. The number of rotatable bonds is 2. The van der Waals surface area contributed by atoms with E-state index in [1.165, 1.54) is 7.05 Å². The molecule has 5 N–H and O–H groups in total. The van der Waals surface area contributed by atoms with Crippen molar-refractivity contribution >= 4 is 0 Å². The maximum absolute atomic E-state index is 9.45. The first-order chi connectivity index (χ1) is 6.11. The Morgan fingerprint density at radius 2 is 1.85 bits per heavy atom. The van der Waals surface area contributed by atoms with Crippen molar-refractivity contribution in [2.24, 2.45) is 0 Å². The van der Waals surface area contributed by atoms with Gasteiger partial charge in [0.1, 0.15) is 18.3 Å². The van der Waals surface area contributed by atoms with Gasteiger partial charge in [0.05, 0.1) is 12.6 Å². The lowest BCUT2D eigenvalue weighted by Gasteiger charge is -2.39. The van der Waals surface area contributed by atoms with Crippen molar-refractivity contribution in [2.45, 2.75) is 30.6 Å². The van der Waals surface area contributed by atoms with Gasteiger partial charge in [0.2, 0.25) is 0 Å². The van der Waals surface area contributed by atoms with Crippen LogP contribution in [0, 0.1) is 0 Å². The summed E-state index contributed by atoms with van der Waals surface area (Å²) >= 11 is 0. The van der Waals surface area contributed by atoms with E-state index in [1.54, 1.807) is 0 Å².